The van der Waals surface area contributed by atoms with Crippen LogP contribution in [0, 0.1) is 0 Å². The Morgan fingerprint density at radius 3 is 2.88 bits per heavy atom. The van der Waals surface area contributed by atoms with Crippen LogP contribution in [0.4, 0.5) is 0 Å². The Hall–Kier alpha value is -0.860. The zero-order valence-electron chi connectivity index (χ0n) is 10.2. The summed E-state index contributed by atoms with van der Waals surface area (Å²) in [6.07, 6.45) is 2.45. The van der Waals surface area contributed by atoms with Crippen molar-refractivity contribution < 1.29 is 0 Å². The zero-order chi connectivity index (χ0) is 11.2. The maximum absolute atomic E-state index is 3.54. The molecule has 1 N–H and O–H groups in total. The Kier molecular flexibility index (Phi) is 4.37. The highest BCUT2D eigenvalue weighted by Gasteiger charge is 2.19. The minimum Gasteiger partial charge on any atom is -0.315 e. The molecule has 0 amide bonds. The van der Waals surface area contributed by atoms with Crippen molar-refractivity contribution in [2.24, 2.45) is 0 Å². The van der Waals surface area contributed by atoms with Crippen LogP contribution >= 0.6 is 0 Å². The lowest BCUT2D eigenvalue weighted by molar-refractivity contribution is 0.218. The molecule has 0 aliphatic carbocycles. The van der Waals surface area contributed by atoms with Crippen LogP contribution in [-0.4, -0.2) is 37.1 Å². The minimum absolute atomic E-state index is 0.662. The quantitative estimate of drug-likeness (QED) is 0.834. The molecular weight excluding hydrogens is 196 g/mol. The first-order valence-electron chi connectivity index (χ1n) is 6.39. The van der Waals surface area contributed by atoms with Crippen molar-refractivity contribution in [1.29, 1.82) is 0 Å². The molecule has 1 heterocycles. The summed E-state index contributed by atoms with van der Waals surface area (Å²) in [4.78, 5) is 2.60. The number of likely N-dealkylation sites (N-methyl/N-ethyl adjacent to an activating group) is 1. The fraction of sp³-hybridized carbons (Fsp3) is 0.571. The zero-order valence-corrected chi connectivity index (χ0v) is 10.2. The van der Waals surface area contributed by atoms with Gasteiger partial charge in [0.25, 0.3) is 0 Å². The molecular formula is C14H22N2. The van der Waals surface area contributed by atoms with Crippen LogP contribution in [0.1, 0.15) is 18.9 Å². The highest BCUT2D eigenvalue weighted by atomic mass is 15.2. The summed E-state index contributed by atoms with van der Waals surface area (Å²) in [7, 11) is 0. The molecule has 1 aromatic carbocycles. The molecule has 88 valence electrons. The second kappa shape index (κ2) is 6.02. The summed E-state index contributed by atoms with van der Waals surface area (Å²) in [5.41, 5.74) is 1.45. The largest absolute Gasteiger partial charge is 0.315 e. The fourth-order valence-corrected chi connectivity index (χ4v) is 2.49. The third-order valence-corrected chi connectivity index (χ3v) is 3.42. The van der Waals surface area contributed by atoms with Gasteiger partial charge in [0.05, 0.1) is 0 Å². The van der Waals surface area contributed by atoms with Gasteiger partial charge in [0.2, 0.25) is 0 Å². The van der Waals surface area contributed by atoms with Gasteiger partial charge in [-0.2, -0.15) is 0 Å². The second-order valence-corrected chi connectivity index (χ2v) is 4.53. The van der Waals surface area contributed by atoms with Crippen molar-refractivity contribution in [3.63, 3.8) is 0 Å². The smallest absolute Gasteiger partial charge is 0.0260 e. The molecule has 1 saturated heterocycles. The number of rotatable bonds is 3. The molecule has 1 aliphatic rings. The van der Waals surface area contributed by atoms with E-state index >= 15 is 0 Å². The molecule has 0 aromatic heterocycles. The third-order valence-electron chi connectivity index (χ3n) is 3.42. The molecule has 2 heteroatoms. The van der Waals surface area contributed by atoms with E-state index in [9.17, 15) is 0 Å². The Bertz CT molecular complexity index is 297. The number of nitrogens with one attached hydrogen (secondary N) is 1. The maximum atomic E-state index is 3.54. The Balaban J connectivity index is 2.00. The molecule has 1 unspecified atom stereocenters. The summed E-state index contributed by atoms with van der Waals surface area (Å²) in [5, 5.41) is 3.54. The second-order valence-electron chi connectivity index (χ2n) is 4.53. The standard InChI is InChI=1S/C14H22N2/c1-2-16-10-6-9-15-12-14(16)11-13-7-4-3-5-8-13/h3-5,7-8,14-15H,2,6,9-12H2,1H3. The van der Waals surface area contributed by atoms with Crippen LogP contribution in [0.3, 0.4) is 0 Å². The maximum Gasteiger partial charge on any atom is 0.0260 e. The van der Waals surface area contributed by atoms with Crippen molar-refractivity contribution in [2.75, 3.05) is 26.2 Å². The molecule has 16 heavy (non-hydrogen) atoms. The van der Waals surface area contributed by atoms with Crippen LogP contribution in [-0.2, 0) is 6.42 Å². The average Bonchev–Trinajstić information content (AvgIpc) is 2.55. The lowest BCUT2D eigenvalue weighted by Gasteiger charge is -2.28. The van der Waals surface area contributed by atoms with Gasteiger partial charge < -0.3 is 5.32 Å². The van der Waals surface area contributed by atoms with Crippen LogP contribution in [0.2, 0.25) is 0 Å². The van der Waals surface area contributed by atoms with E-state index in [4.69, 9.17) is 0 Å². The van der Waals surface area contributed by atoms with E-state index in [0.717, 1.165) is 6.54 Å². The van der Waals surface area contributed by atoms with E-state index in [0.29, 0.717) is 6.04 Å². The summed E-state index contributed by atoms with van der Waals surface area (Å²) >= 11 is 0. The molecule has 1 fully saturated rings. The summed E-state index contributed by atoms with van der Waals surface area (Å²) in [6.45, 7) is 6.97. The normalized spacial score (nSPS) is 22.9. The van der Waals surface area contributed by atoms with E-state index in [1.807, 2.05) is 0 Å². The highest BCUT2D eigenvalue weighted by molar-refractivity contribution is 5.16. The third kappa shape index (κ3) is 3.06. The van der Waals surface area contributed by atoms with E-state index < -0.39 is 0 Å². The fourth-order valence-electron chi connectivity index (χ4n) is 2.49. The average molecular weight is 218 g/mol. The molecule has 0 bridgehead atoms. The summed E-state index contributed by atoms with van der Waals surface area (Å²) in [5.74, 6) is 0. The molecule has 1 aromatic rings. The predicted octanol–water partition coefficient (Wildman–Crippen LogP) is 1.91. The SMILES string of the molecule is CCN1CCCNCC1Cc1ccccc1. The summed E-state index contributed by atoms with van der Waals surface area (Å²) < 4.78 is 0. The molecule has 0 radical (unpaired) electrons. The van der Waals surface area contributed by atoms with Crippen LogP contribution < -0.4 is 5.32 Å². The van der Waals surface area contributed by atoms with E-state index in [1.54, 1.807) is 0 Å². The van der Waals surface area contributed by atoms with Gasteiger partial charge in [-0.15, -0.1) is 0 Å². The van der Waals surface area contributed by atoms with Gasteiger partial charge in [0.15, 0.2) is 0 Å². The first-order valence-corrected chi connectivity index (χ1v) is 6.39. The lowest BCUT2D eigenvalue weighted by Crippen LogP contribution is -2.41. The topological polar surface area (TPSA) is 15.3 Å². The van der Waals surface area contributed by atoms with Gasteiger partial charge >= 0.3 is 0 Å². The van der Waals surface area contributed by atoms with Crippen LogP contribution in [0.25, 0.3) is 0 Å². The number of hydrogen-bond donors (Lipinski definition) is 1. The van der Waals surface area contributed by atoms with Crippen molar-refractivity contribution in [3.8, 4) is 0 Å². The molecule has 1 atom stereocenters. The van der Waals surface area contributed by atoms with Crippen LogP contribution in [0.15, 0.2) is 30.3 Å². The van der Waals surface area contributed by atoms with Crippen molar-refractivity contribution in [2.45, 2.75) is 25.8 Å². The Morgan fingerprint density at radius 1 is 1.31 bits per heavy atom. The van der Waals surface area contributed by atoms with Crippen molar-refractivity contribution >= 4 is 0 Å². The first-order chi connectivity index (χ1) is 7.90. The minimum atomic E-state index is 0.662. The highest BCUT2D eigenvalue weighted by Crippen LogP contribution is 2.10. The van der Waals surface area contributed by atoms with E-state index in [2.05, 4.69) is 47.5 Å². The van der Waals surface area contributed by atoms with Crippen molar-refractivity contribution in [3.05, 3.63) is 35.9 Å². The molecule has 1 aliphatic heterocycles. The number of benzene rings is 1. The molecule has 2 nitrogen and oxygen atoms in total. The summed E-state index contributed by atoms with van der Waals surface area (Å²) in [6, 6.07) is 11.5. The monoisotopic (exact) mass is 218 g/mol. The van der Waals surface area contributed by atoms with E-state index in [-0.39, 0.29) is 0 Å². The Labute approximate surface area is 98.7 Å². The van der Waals surface area contributed by atoms with Gasteiger partial charge in [-0.25, -0.2) is 0 Å². The van der Waals surface area contributed by atoms with Gasteiger partial charge in [0, 0.05) is 12.6 Å². The van der Waals surface area contributed by atoms with Gasteiger partial charge in [-0.05, 0) is 38.0 Å². The van der Waals surface area contributed by atoms with E-state index in [1.165, 1.54) is 38.0 Å². The van der Waals surface area contributed by atoms with Gasteiger partial charge in [-0.1, -0.05) is 37.3 Å². The van der Waals surface area contributed by atoms with Crippen molar-refractivity contribution in [1.82, 2.24) is 10.2 Å². The predicted molar refractivity (Wildman–Crippen MR) is 68.7 cm³/mol. The molecule has 0 saturated carbocycles. The Morgan fingerprint density at radius 2 is 2.12 bits per heavy atom. The molecule has 2 rings (SSSR count). The molecule has 0 spiro atoms. The lowest BCUT2D eigenvalue weighted by atomic mass is 10.0. The van der Waals surface area contributed by atoms with Gasteiger partial charge in [0.1, 0.15) is 0 Å². The number of nitrogens with zero attached hydrogens (tertiary/aromatic N) is 1. The van der Waals surface area contributed by atoms with Crippen LogP contribution in [0.5, 0.6) is 0 Å². The van der Waals surface area contributed by atoms with Gasteiger partial charge in [-0.3, -0.25) is 4.90 Å². The number of hydrogen-bond acceptors (Lipinski definition) is 2. The first kappa shape index (κ1) is 11.6.